The highest BCUT2D eigenvalue weighted by molar-refractivity contribution is 7.26. The van der Waals surface area contributed by atoms with Crippen molar-refractivity contribution in [3.63, 3.8) is 0 Å². The molecule has 0 aliphatic carbocycles. The Morgan fingerprint density at radius 2 is 0.807 bits per heavy atom. The highest BCUT2D eigenvalue weighted by Gasteiger charge is 2.20. The van der Waals surface area contributed by atoms with E-state index in [9.17, 15) is 0 Å². The lowest BCUT2D eigenvalue weighted by atomic mass is 9.92. The van der Waals surface area contributed by atoms with Gasteiger partial charge in [0.25, 0.3) is 0 Å². The zero-order valence-corrected chi connectivity index (χ0v) is 31.6. The monoisotopic (exact) mass is 743 g/mol. The summed E-state index contributed by atoms with van der Waals surface area (Å²) in [6, 6.07) is 71.1. The predicted molar refractivity (Wildman–Crippen MR) is 240 cm³/mol. The van der Waals surface area contributed by atoms with E-state index in [0.717, 1.165) is 38.6 Å². The van der Waals surface area contributed by atoms with E-state index in [2.05, 4.69) is 194 Å². The molecule has 0 fully saturated rings. The van der Waals surface area contributed by atoms with Crippen molar-refractivity contribution < 1.29 is 0 Å². The quantitative estimate of drug-likeness (QED) is 0.170. The predicted octanol–water partition coefficient (Wildman–Crippen LogP) is 14.5. The first kappa shape index (κ1) is 33.1. The Bertz CT molecular complexity index is 3300. The first-order valence-electron chi connectivity index (χ1n) is 19.2. The molecule has 0 unspecified atom stereocenters. The van der Waals surface area contributed by atoms with Gasteiger partial charge in [-0.1, -0.05) is 170 Å². The van der Waals surface area contributed by atoms with Crippen molar-refractivity contribution >= 4 is 53.1 Å². The van der Waals surface area contributed by atoms with E-state index in [-0.39, 0.29) is 0 Å². The van der Waals surface area contributed by atoms with Gasteiger partial charge in [-0.3, -0.25) is 0 Å². The Balaban J connectivity index is 1.11. The minimum Gasteiger partial charge on any atom is -0.208 e. The second kappa shape index (κ2) is 13.8. The highest BCUT2D eigenvalue weighted by Crippen LogP contribution is 2.42. The minimum absolute atomic E-state index is 0.643. The fourth-order valence-electron chi connectivity index (χ4n) is 8.18. The Labute approximate surface area is 334 Å². The lowest BCUT2D eigenvalue weighted by molar-refractivity contribution is 1.08. The summed E-state index contributed by atoms with van der Waals surface area (Å²) in [4.78, 5) is 16.0. The summed E-state index contributed by atoms with van der Waals surface area (Å²) in [6.45, 7) is 0. The van der Waals surface area contributed by atoms with Crippen molar-refractivity contribution in [2.75, 3.05) is 0 Å². The van der Waals surface area contributed by atoms with Gasteiger partial charge in [0.2, 0.25) is 0 Å². The van der Waals surface area contributed by atoms with Gasteiger partial charge in [-0.15, -0.1) is 11.3 Å². The van der Waals surface area contributed by atoms with Crippen molar-refractivity contribution in [1.29, 1.82) is 0 Å². The van der Waals surface area contributed by atoms with Gasteiger partial charge in [0.1, 0.15) is 0 Å². The van der Waals surface area contributed by atoms with Gasteiger partial charge in [-0.05, 0) is 85.3 Å². The van der Waals surface area contributed by atoms with E-state index in [1.165, 1.54) is 53.2 Å². The average molecular weight is 744 g/mol. The van der Waals surface area contributed by atoms with Gasteiger partial charge in [0.15, 0.2) is 17.5 Å². The summed E-state index contributed by atoms with van der Waals surface area (Å²) in [5, 5.41) is 7.12. The Morgan fingerprint density at radius 3 is 1.58 bits per heavy atom. The van der Waals surface area contributed by atoms with Gasteiger partial charge < -0.3 is 0 Å². The van der Waals surface area contributed by atoms with Gasteiger partial charge in [-0.2, -0.15) is 0 Å². The third kappa shape index (κ3) is 5.86. The van der Waals surface area contributed by atoms with Crippen molar-refractivity contribution in [1.82, 2.24) is 15.0 Å². The maximum atomic E-state index is 5.34. The average Bonchev–Trinajstić information content (AvgIpc) is 3.68. The molecule has 0 aliphatic rings. The fraction of sp³-hybridized carbons (Fsp3) is 0. The molecule has 0 saturated carbocycles. The normalized spacial score (nSPS) is 11.5. The molecule has 0 N–H and O–H groups in total. The van der Waals surface area contributed by atoms with Gasteiger partial charge in [-0.25, -0.2) is 15.0 Å². The Morgan fingerprint density at radius 1 is 0.281 bits per heavy atom. The molecular weight excluding hydrogens is 711 g/mol. The molecule has 0 amide bonds. The van der Waals surface area contributed by atoms with E-state index in [4.69, 9.17) is 15.0 Å². The van der Waals surface area contributed by atoms with Crippen LogP contribution in [0.1, 0.15) is 0 Å². The van der Waals surface area contributed by atoms with Crippen LogP contribution in [0.5, 0.6) is 0 Å². The van der Waals surface area contributed by atoms with E-state index < -0.39 is 0 Å². The van der Waals surface area contributed by atoms with E-state index in [1.807, 2.05) is 6.07 Å². The topological polar surface area (TPSA) is 38.7 Å². The molecule has 9 aromatic carbocycles. The van der Waals surface area contributed by atoms with E-state index in [0.29, 0.717) is 17.5 Å². The van der Waals surface area contributed by atoms with Crippen molar-refractivity contribution in [3.05, 3.63) is 200 Å². The van der Waals surface area contributed by atoms with Crippen LogP contribution in [0.2, 0.25) is 0 Å². The molecule has 0 atom stereocenters. The van der Waals surface area contributed by atoms with Crippen LogP contribution in [0.4, 0.5) is 0 Å². The number of hydrogen-bond acceptors (Lipinski definition) is 4. The molecular formula is C53H33N3S. The molecule has 0 radical (unpaired) electrons. The SMILES string of the molecule is c1ccc(-c2ccc3ccc(-c4ccc(-c5nc(-c6ccccc6-c6ccccc6)nc(-c6cccc7c6sc6ccccc67)n5)c5ccccc45)cc3c2)cc1. The summed E-state index contributed by atoms with van der Waals surface area (Å²) in [7, 11) is 0. The fourth-order valence-corrected chi connectivity index (χ4v) is 9.39. The van der Waals surface area contributed by atoms with Crippen molar-refractivity contribution in [2.24, 2.45) is 0 Å². The van der Waals surface area contributed by atoms with Crippen molar-refractivity contribution in [3.8, 4) is 67.5 Å². The summed E-state index contributed by atoms with van der Waals surface area (Å²) in [5.41, 5.74) is 9.88. The molecule has 0 saturated heterocycles. The lowest BCUT2D eigenvalue weighted by Gasteiger charge is -2.15. The summed E-state index contributed by atoms with van der Waals surface area (Å²) in [6.07, 6.45) is 0. The van der Waals surface area contributed by atoms with Crippen LogP contribution in [0, 0.1) is 0 Å². The number of aromatic nitrogens is 3. The van der Waals surface area contributed by atoms with Gasteiger partial charge in [0, 0.05) is 36.9 Å². The third-order valence-corrected chi connectivity index (χ3v) is 12.2. The number of rotatable bonds is 6. The van der Waals surface area contributed by atoms with Crippen LogP contribution in [0.25, 0.3) is 109 Å². The summed E-state index contributed by atoms with van der Waals surface area (Å²) >= 11 is 1.79. The van der Waals surface area contributed by atoms with Crippen LogP contribution in [-0.2, 0) is 0 Å². The first-order valence-corrected chi connectivity index (χ1v) is 20.0. The largest absolute Gasteiger partial charge is 0.208 e. The van der Waals surface area contributed by atoms with Gasteiger partial charge >= 0.3 is 0 Å². The van der Waals surface area contributed by atoms with Crippen LogP contribution in [-0.4, -0.2) is 15.0 Å². The zero-order valence-electron chi connectivity index (χ0n) is 30.8. The molecule has 0 spiro atoms. The first-order chi connectivity index (χ1) is 28.2. The molecule has 2 aromatic heterocycles. The second-order valence-corrected chi connectivity index (χ2v) is 15.4. The molecule has 266 valence electrons. The standard InChI is InChI=1S/C53H33N3S/c1-3-14-34(15-4-1)37-28-26-35-27-29-38(33-39(35)32-37)41-30-31-47(43-20-9-8-19-42(41)43)52-54-51(46-22-10-7-18-40(46)36-16-5-2-6-17-36)55-53(56-52)48-24-13-23-45-44-21-11-12-25-49(44)57-50(45)48/h1-33H. The maximum absolute atomic E-state index is 5.34. The third-order valence-electron chi connectivity index (χ3n) is 11.0. The zero-order chi connectivity index (χ0) is 37.7. The van der Waals surface area contributed by atoms with Crippen molar-refractivity contribution in [2.45, 2.75) is 0 Å². The van der Waals surface area contributed by atoms with E-state index >= 15 is 0 Å². The molecule has 3 nitrogen and oxygen atoms in total. The molecule has 57 heavy (non-hydrogen) atoms. The van der Waals surface area contributed by atoms with Crippen LogP contribution >= 0.6 is 11.3 Å². The smallest absolute Gasteiger partial charge is 0.165 e. The maximum Gasteiger partial charge on any atom is 0.165 e. The molecule has 4 heteroatoms. The lowest BCUT2D eigenvalue weighted by Crippen LogP contribution is -2.01. The van der Waals surface area contributed by atoms with Crippen LogP contribution < -0.4 is 0 Å². The number of thiophene rings is 1. The molecule has 0 bridgehead atoms. The summed E-state index contributed by atoms with van der Waals surface area (Å²) in [5.74, 6) is 1.95. The minimum atomic E-state index is 0.643. The molecule has 0 aliphatic heterocycles. The second-order valence-electron chi connectivity index (χ2n) is 14.3. The van der Waals surface area contributed by atoms with Gasteiger partial charge in [0.05, 0.1) is 0 Å². The highest BCUT2D eigenvalue weighted by atomic mass is 32.1. The molecule has 11 rings (SSSR count). The number of hydrogen-bond donors (Lipinski definition) is 0. The summed E-state index contributed by atoms with van der Waals surface area (Å²) < 4.78 is 2.42. The van der Waals surface area contributed by atoms with Crippen LogP contribution in [0.15, 0.2) is 200 Å². The number of fused-ring (bicyclic) bond motifs is 5. The van der Waals surface area contributed by atoms with Crippen LogP contribution in [0.3, 0.4) is 0 Å². The Hall–Kier alpha value is -7.27. The molecule has 11 aromatic rings. The number of nitrogens with zero attached hydrogens (tertiary/aromatic N) is 3. The van der Waals surface area contributed by atoms with E-state index in [1.54, 1.807) is 11.3 Å². The number of benzene rings is 9. The molecule has 2 heterocycles. The Kier molecular flexibility index (Phi) is 8.01.